The predicted octanol–water partition coefficient (Wildman–Crippen LogP) is 2.63. The molecule has 1 amide bonds. The highest BCUT2D eigenvalue weighted by molar-refractivity contribution is 9.10. The molecule has 0 aliphatic rings. The highest BCUT2D eigenvalue weighted by atomic mass is 79.9. The minimum absolute atomic E-state index is 0.116. The van der Waals surface area contributed by atoms with Gasteiger partial charge in [0.25, 0.3) is 0 Å². The fraction of sp³-hybridized carbons (Fsp3) is 0.364. The van der Waals surface area contributed by atoms with Crippen LogP contribution in [0.3, 0.4) is 0 Å². The standard InChI is InChI=1S/C11H12BrF2NO2/c1-15-10(16)3-2-4-17-9-6-7(12)5-8(13)11(9)14/h5-6H,2-4H2,1H3,(H,15,16). The summed E-state index contributed by atoms with van der Waals surface area (Å²) in [5.41, 5.74) is 0. The molecule has 0 unspecified atom stereocenters. The second-order valence-electron chi connectivity index (χ2n) is 3.32. The molecule has 0 aromatic heterocycles. The molecule has 1 rings (SSSR count). The van der Waals surface area contributed by atoms with Crippen LogP contribution in [0, 0.1) is 11.6 Å². The van der Waals surface area contributed by atoms with Crippen LogP contribution in [0.4, 0.5) is 8.78 Å². The van der Waals surface area contributed by atoms with Gasteiger partial charge in [-0.2, -0.15) is 4.39 Å². The van der Waals surface area contributed by atoms with Gasteiger partial charge in [-0.05, 0) is 18.6 Å². The maximum Gasteiger partial charge on any atom is 0.219 e. The molecule has 1 N–H and O–H groups in total. The van der Waals surface area contributed by atoms with Crippen molar-refractivity contribution in [2.45, 2.75) is 12.8 Å². The molecule has 0 atom stereocenters. The van der Waals surface area contributed by atoms with Gasteiger partial charge in [0, 0.05) is 17.9 Å². The molecule has 94 valence electrons. The first-order valence-corrected chi connectivity index (χ1v) is 5.82. The molecule has 1 aromatic carbocycles. The molecule has 1 aromatic rings. The number of hydrogen-bond donors (Lipinski definition) is 1. The maximum absolute atomic E-state index is 13.2. The van der Waals surface area contributed by atoms with Crippen LogP contribution in [-0.2, 0) is 4.79 Å². The summed E-state index contributed by atoms with van der Waals surface area (Å²) in [5, 5.41) is 2.46. The third kappa shape index (κ3) is 4.30. The molecule has 0 saturated carbocycles. The molecule has 0 fully saturated rings. The van der Waals surface area contributed by atoms with Gasteiger partial charge in [-0.15, -0.1) is 0 Å². The van der Waals surface area contributed by atoms with E-state index in [0.29, 0.717) is 10.9 Å². The van der Waals surface area contributed by atoms with E-state index in [1.54, 1.807) is 0 Å². The molecule has 6 heteroatoms. The van der Waals surface area contributed by atoms with Crippen LogP contribution in [0.15, 0.2) is 16.6 Å². The first kappa shape index (κ1) is 13.9. The number of halogens is 3. The van der Waals surface area contributed by atoms with Gasteiger partial charge in [-0.3, -0.25) is 4.79 Å². The van der Waals surface area contributed by atoms with Crippen molar-refractivity contribution >= 4 is 21.8 Å². The van der Waals surface area contributed by atoms with Crippen LogP contribution in [-0.4, -0.2) is 19.6 Å². The number of rotatable bonds is 5. The molecule has 0 heterocycles. The summed E-state index contributed by atoms with van der Waals surface area (Å²) < 4.78 is 31.7. The first-order valence-electron chi connectivity index (χ1n) is 5.02. The van der Waals surface area contributed by atoms with Crippen molar-refractivity contribution in [1.82, 2.24) is 5.32 Å². The molecule has 0 spiro atoms. The summed E-state index contributed by atoms with van der Waals surface area (Å²) in [6.45, 7) is 0.153. The predicted molar refractivity (Wildman–Crippen MR) is 62.9 cm³/mol. The lowest BCUT2D eigenvalue weighted by Gasteiger charge is -2.08. The molecule has 0 aliphatic heterocycles. The summed E-state index contributed by atoms with van der Waals surface area (Å²) in [4.78, 5) is 10.9. The molecular weight excluding hydrogens is 296 g/mol. The molecular formula is C11H12BrF2NO2. The number of nitrogens with one attached hydrogen (secondary N) is 1. The second kappa shape index (κ2) is 6.54. The number of ether oxygens (including phenoxy) is 1. The third-order valence-electron chi connectivity index (χ3n) is 2.04. The zero-order valence-corrected chi connectivity index (χ0v) is 10.8. The van der Waals surface area contributed by atoms with Gasteiger partial charge < -0.3 is 10.1 Å². The van der Waals surface area contributed by atoms with Crippen molar-refractivity contribution in [3.05, 3.63) is 28.2 Å². The number of amides is 1. The van der Waals surface area contributed by atoms with Gasteiger partial charge in [0.05, 0.1) is 6.61 Å². The van der Waals surface area contributed by atoms with Crippen LogP contribution in [0.5, 0.6) is 5.75 Å². The molecule has 0 aliphatic carbocycles. The van der Waals surface area contributed by atoms with Gasteiger partial charge in [0.2, 0.25) is 11.7 Å². The number of benzene rings is 1. The second-order valence-corrected chi connectivity index (χ2v) is 4.24. The quantitative estimate of drug-likeness (QED) is 0.671. The zero-order chi connectivity index (χ0) is 12.8. The van der Waals surface area contributed by atoms with Crippen LogP contribution < -0.4 is 10.1 Å². The van der Waals surface area contributed by atoms with E-state index in [2.05, 4.69) is 21.2 Å². The summed E-state index contributed by atoms with van der Waals surface area (Å²) in [6, 6.07) is 2.37. The third-order valence-corrected chi connectivity index (χ3v) is 2.50. The first-order chi connectivity index (χ1) is 8.04. The maximum atomic E-state index is 13.2. The number of carbonyl (C=O) groups excluding carboxylic acids is 1. The Morgan fingerprint density at radius 2 is 2.18 bits per heavy atom. The topological polar surface area (TPSA) is 38.3 Å². The van der Waals surface area contributed by atoms with Gasteiger partial charge >= 0.3 is 0 Å². The van der Waals surface area contributed by atoms with Crippen molar-refractivity contribution < 1.29 is 18.3 Å². The average molecular weight is 308 g/mol. The highest BCUT2D eigenvalue weighted by Gasteiger charge is 2.11. The Labute approximate surface area is 106 Å². The van der Waals surface area contributed by atoms with Gasteiger partial charge in [0.1, 0.15) is 0 Å². The largest absolute Gasteiger partial charge is 0.490 e. The van der Waals surface area contributed by atoms with Gasteiger partial charge in [0.15, 0.2) is 11.6 Å². The van der Waals surface area contributed by atoms with E-state index in [0.717, 1.165) is 6.07 Å². The molecule has 17 heavy (non-hydrogen) atoms. The van der Waals surface area contributed by atoms with E-state index in [4.69, 9.17) is 4.74 Å². The van der Waals surface area contributed by atoms with Crippen molar-refractivity contribution in [3.63, 3.8) is 0 Å². The van der Waals surface area contributed by atoms with E-state index in [-0.39, 0.29) is 24.7 Å². The van der Waals surface area contributed by atoms with Gasteiger partial charge in [-0.25, -0.2) is 4.39 Å². The minimum atomic E-state index is -1.02. The molecule has 0 bridgehead atoms. The Balaban J connectivity index is 2.49. The van der Waals surface area contributed by atoms with Crippen molar-refractivity contribution in [2.75, 3.05) is 13.7 Å². The average Bonchev–Trinajstić information content (AvgIpc) is 2.30. The number of hydrogen-bond acceptors (Lipinski definition) is 2. The lowest BCUT2D eigenvalue weighted by Crippen LogP contribution is -2.18. The Bertz CT molecular complexity index is 413. The minimum Gasteiger partial charge on any atom is -0.490 e. The van der Waals surface area contributed by atoms with Crippen LogP contribution in [0.25, 0.3) is 0 Å². The lowest BCUT2D eigenvalue weighted by atomic mass is 10.3. The van der Waals surface area contributed by atoms with E-state index in [1.165, 1.54) is 13.1 Å². The Hall–Kier alpha value is -1.17. The summed E-state index contributed by atoms with van der Waals surface area (Å²) >= 11 is 3.04. The fourth-order valence-electron chi connectivity index (χ4n) is 1.18. The molecule has 3 nitrogen and oxygen atoms in total. The Kier molecular flexibility index (Phi) is 5.34. The summed E-state index contributed by atoms with van der Waals surface area (Å²) in [7, 11) is 1.53. The van der Waals surface area contributed by atoms with Crippen LogP contribution in [0.1, 0.15) is 12.8 Å². The van der Waals surface area contributed by atoms with Crippen molar-refractivity contribution in [3.8, 4) is 5.75 Å². The Morgan fingerprint density at radius 3 is 2.82 bits per heavy atom. The lowest BCUT2D eigenvalue weighted by molar-refractivity contribution is -0.120. The van der Waals surface area contributed by atoms with Crippen molar-refractivity contribution in [1.29, 1.82) is 0 Å². The zero-order valence-electron chi connectivity index (χ0n) is 9.23. The molecule has 0 saturated heterocycles. The SMILES string of the molecule is CNC(=O)CCCOc1cc(Br)cc(F)c1F. The molecule has 0 radical (unpaired) electrons. The van der Waals surface area contributed by atoms with Crippen LogP contribution >= 0.6 is 15.9 Å². The number of carbonyl (C=O) groups is 1. The summed E-state index contributed by atoms with van der Waals surface area (Å²) in [6.07, 6.45) is 0.724. The fourth-order valence-corrected chi connectivity index (χ4v) is 1.59. The smallest absolute Gasteiger partial charge is 0.219 e. The normalized spacial score (nSPS) is 10.1. The van der Waals surface area contributed by atoms with E-state index in [9.17, 15) is 13.6 Å². The van der Waals surface area contributed by atoms with E-state index >= 15 is 0 Å². The van der Waals surface area contributed by atoms with E-state index in [1.807, 2.05) is 0 Å². The summed E-state index contributed by atoms with van der Waals surface area (Å²) in [5.74, 6) is -2.27. The monoisotopic (exact) mass is 307 g/mol. The van der Waals surface area contributed by atoms with E-state index < -0.39 is 11.6 Å². The highest BCUT2D eigenvalue weighted by Crippen LogP contribution is 2.25. The van der Waals surface area contributed by atoms with Crippen molar-refractivity contribution in [2.24, 2.45) is 0 Å². The Morgan fingerprint density at radius 1 is 1.47 bits per heavy atom. The van der Waals surface area contributed by atoms with Gasteiger partial charge in [-0.1, -0.05) is 15.9 Å². The van der Waals surface area contributed by atoms with Crippen LogP contribution in [0.2, 0.25) is 0 Å².